The van der Waals surface area contributed by atoms with Crippen molar-refractivity contribution in [3.05, 3.63) is 61.7 Å². The van der Waals surface area contributed by atoms with Gasteiger partial charge in [-0.05, 0) is 69.0 Å². The van der Waals surface area contributed by atoms with Gasteiger partial charge in [0.15, 0.2) is 6.10 Å². The van der Waals surface area contributed by atoms with E-state index in [4.69, 9.17) is 15.5 Å². The number of nitrogens with two attached hydrogens (primary N) is 1. The van der Waals surface area contributed by atoms with Crippen LogP contribution in [-0.4, -0.2) is 40.1 Å². The standard InChI is InChI=1S/C22H17FN2O4.C5H12N2O.C2H6/c1-9-10-3-2-4-11-13-7-25-17(19(13)24-16(18(10)11)6-15(9)23)5-12-14(21(25)27)8-29-22(28)20(12)26;1-7-4-2-3-5(6)8;1-2/h5-6,20,26H,2-4,7-8H2,1H3;7H,2-4H2,1H3,(H2,6,8);1-2H3. The molecule has 0 saturated carbocycles. The number of pyridine rings is 2. The van der Waals surface area contributed by atoms with Crippen molar-refractivity contribution in [3.8, 4) is 11.4 Å². The summed E-state index contributed by atoms with van der Waals surface area (Å²) in [6, 6.07) is 3.13. The molecule has 208 valence electrons. The molecule has 4 N–H and O–H groups in total. The van der Waals surface area contributed by atoms with Gasteiger partial charge in [-0.3, -0.25) is 9.59 Å². The van der Waals surface area contributed by atoms with Gasteiger partial charge in [0.2, 0.25) is 5.91 Å². The van der Waals surface area contributed by atoms with Gasteiger partial charge in [-0.1, -0.05) is 13.8 Å². The predicted octanol–water partition coefficient (Wildman–Crippen LogP) is 2.95. The number of aliphatic hydroxyl groups excluding tert-OH is 1. The fourth-order valence-electron chi connectivity index (χ4n) is 5.50. The zero-order valence-electron chi connectivity index (χ0n) is 22.8. The minimum atomic E-state index is -1.48. The Bertz CT molecular complexity index is 1510. The number of aromatic nitrogens is 2. The van der Waals surface area contributed by atoms with E-state index in [0.717, 1.165) is 54.3 Å². The van der Waals surface area contributed by atoms with Crippen molar-refractivity contribution in [2.24, 2.45) is 5.73 Å². The van der Waals surface area contributed by atoms with E-state index in [1.54, 1.807) is 17.6 Å². The maximum absolute atomic E-state index is 14.5. The number of cyclic esters (lactones) is 1. The maximum Gasteiger partial charge on any atom is 0.340 e. The molecule has 1 aliphatic carbocycles. The highest BCUT2D eigenvalue weighted by molar-refractivity contribution is 5.92. The number of primary amides is 1. The Labute approximate surface area is 226 Å². The summed E-state index contributed by atoms with van der Waals surface area (Å²) >= 11 is 0. The number of carbonyl (C=O) groups excluding carboxylic acids is 2. The number of amides is 1. The number of nitrogens with zero attached hydrogens (tertiary/aromatic N) is 2. The first kappa shape index (κ1) is 28.4. The number of halogens is 1. The molecule has 0 saturated heterocycles. The molecule has 2 aliphatic heterocycles. The smallest absolute Gasteiger partial charge is 0.340 e. The first-order valence-corrected chi connectivity index (χ1v) is 13.4. The van der Waals surface area contributed by atoms with E-state index in [1.165, 1.54) is 6.07 Å². The second kappa shape index (κ2) is 11.6. The Balaban J connectivity index is 0.000000307. The molecule has 6 rings (SSSR count). The number of esters is 1. The molecule has 1 aromatic carbocycles. The second-order valence-electron chi connectivity index (χ2n) is 9.67. The van der Waals surface area contributed by atoms with E-state index in [0.29, 0.717) is 41.0 Å². The Hall–Kier alpha value is -3.63. The molecule has 1 unspecified atom stereocenters. The zero-order chi connectivity index (χ0) is 28.4. The first-order chi connectivity index (χ1) is 18.7. The third-order valence-corrected chi connectivity index (χ3v) is 7.39. The monoisotopic (exact) mass is 538 g/mol. The number of rotatable bonds is 4. The Kier molecular flexibility index (Phi) is 8.46. The molecule has 1 amide bonds. The van der Waals surface area contributed by atoms with Gasteiger partial charge in [-0.15, -0.1) is 0 Å². The summed E-state index contributed by atoms with van der Waals surface area (Å²) in [5, 5.41) is 14.2. The minimum Gasteiger partial charge on any atom is -0.458 e. The highest BCUT2D eigenvalue weighted by atomic mass is 19.1. The van der Waals surface area contributed by atoms with Crippen LogP contribution in [0.4, 0.5) is 4.39 Å². The van der Waals surface area contributed by atoms with E-state index in [-0.39, 0.29) is 29.5 Å². The van der Waals surface area contributed by atoms with Crippen LogP contribution in [0.15, 0.2) is 16.9 Å². The summed E-state index contributed by atoms with van der Waals surface area (Å²) in [5.41, 5.74) is 10.7. The third-order valence-electron chi connectivity index (χ3n) is 7.39. The lowest BCUT2D eigenvalue weighted by Gasteiger charge is -2.22. The van der Waals surface area contributed by atoms with Gasteiger partial charge >= 0.3 is 5.97 Å². The van der Waals surface area contributed by atoms with Crippen molar-refractivity contribution in [3.63, 3.8) is 0 Å². The van der Waals surface area contributed by atoms with Gasteiger partial charge < -0.3 is 25.5 Å². The van der Waals surface area contributed by atoms with Gasteiger partial charge in [0.1, 0.15) is 12.4 Å². The lowest BCUT2D eigenvalue weighted by Crippen LogP contribution is -2.32. The van der Waals surface area contributed by atoms with Crippen LogP contribution < -0.4 is 16.6 Å². The number of benzene rings is 1. The van der Waals surface area contributed by atoms with Crippen LogP contribution in [0.3, 0.4) is 0 Å². The van der Waals surface area contributed by atoms with E-state index in [1.807, 2.05) is 20.9 Å². The summed E-state index contributed by atoms with van der Waals surface area (Å²) in [7, 11) is 1.85. The largest absolute Gasteiger partial charge is 0.458 e. The van der Waals surface area contributed by atoms with Crippen molar-refractivity contribution < 1.29 is 23.8 Å². The van der Waals surface area contributed by atoms with Crippen LogP contribution >= 0.6 is 0 Å². The predicted molar refractivity (Wildman–Crippen MR) is 146 cm³/mol. The fraction of sp³-hybridized carbons (Fsp3) is 0.448. The molecule has 9 nitrogen and oxygen atoms in total. The second-order valence-corrected chi connectivity index (χ2v) is 9.67. The SMILES string of the molecule is CC.CNCCCC(N)=O.Cc1c(F)cc2nc3c(c4c2c1CCC4)Cn1c-3cc2c(c1=O)COC(=O)C2O. The van der Waals surface area contributed by atoms with Crippen LogP contribution in [0.5, 0.6) is 0 Å². The molecule has 4 heterocycles. The number of ether oxygens (including phenoxy) is 1. The maximum atomic E-state index is 14.5. The molecule has 0 fully saturated rings. The zero-order valence-corrected chi connectivity index (χ0v) is 22.8. The van der Waals surface area contributed by atoms with Crippen molar-refractivity contribution >= 4 is 22.8 Å². The van der Waals surface area contributed by atoms with Crippen molar-refractivity contribution in [1.82, 2.24) is 14.9 Å². The molecule has 3 aliphatic rings. The van der Waals surface area contributed by atoms with Gasteiger partial charge in [-0.2, -0.15) is 0 Å². The molecular formula is C29H35FN4O5. The number of aryl methyl sites for hydroxylation is 2. The average molecular weight is 539 g/mol. The normalized spacial score (nSPS) is 16.2. The van der Waals surface area contributed by atoms with Gasteiger partial charge in [-0.25, -0.2) is 14.2 Å². The molecule has 0 spiro atoms. The summed E-state index contributed by atoms with van der Waals surface area (Å²) in [4.78, 5) is 39.7. The lowest BCUT2D eigenvalue weighted by molar-refractivity contribution is -0.157. The lowest BCUT2D eigenvalue weighted by atomic mass is 9.85. The van der Waals surface area contributed by atoms with E-state index in [2.05, 4.69) is 5.32 Å². The van der Waals surface area contributed by atoms with E-state index >= 15 is 0 Å². The van der Waals surface area contributed by atoms with Crippen LogP contribution in [0, 0.1) is 12.7 Å². The molecule has 3 aromatic rings. The third kappa shape index (κ3) is 5.06. The van der Waals surface area contributed by atoms with Crippen molar-refractivity contribution in [1.29, 1.82) is 0 Å². The number of nitrogens with one attached hydrogen (secondary N) is 1. The summed E-state index contributed by atoms with van der Waals surface area (Å²) in [6.45, 7) is 6.91. The topological polar surface area (TPSA) is 137 Å². The van der Waals surface area contributed by atoms with E-state index < -0.39 is 12.1 Å². The summed E-state index contributed by atoms with van der Waals surface area (Å²) in [5.74, 6) is -1.25. The number of fused-ring (bicyclic) bond motifs is 5. The fourth-order valence-corrected chi connectivity index (χ4v) is 5.50. The Morgan fingerprint density at radius 2 is 1.92 bits per heavy atom. The molecule has 1 atom stereocenters. The number of hydrogen-bond donors (Lipinski definition) is 3. The van der Waals surface area contributed by atoms with Gasteiger partial charge in [0, 0.05) is 29.0 Å². The number of carbonyl (C=O) groups is 2. The van der Waals surface area contributed by atoms with Crippen molar-refractivity contribution in [2.75, 3.05) is 13.6 Å². The molecule has 2 aromatic heterocycles. The molecule has 39 heavy (non-hydrogen) atoms. The van der Waals surface area contributed by atoms with Crippen LogP contribution in [0.25, 0.3) is 22.3 Å². The number of hydrogen-bond acceptors (Lipinski definition) is 7. The molecule has 0 radical (unpaired) electrons. The van der Waals surface area contributed by atoms with Crippen LogP contribution in [0.1, 0.15) is 72.6 Å². The minimum absolute atomic E-state index is 0.141. The average Bonchev–Trinajstić information content (AvgIpc) is 3.30. The first-order valence-electron chi connectivity index (χ1n) is 13.4. The number of aliphatic hydroxyl groups is 1. The molecule has 10 heteroatoms. The quantitative estimate of drug-likeness (QED) is 0.268. The highest BCUT2D eigenvalue weighted by Crippen LogP contribution is 2.41. The highest BCUT2D eigenvalue weighted by Gasteiger charge is 2.35. The van der Waals surface area contributed by atoms with Gasteiger partial charge in [0.05, 0.1) is 29.0 Å². The Morgan fingerprint density at radius 1 is 1.21 bits per heavy atom. The van der Waals surface area contributed by atoms with Crippen molar-refractivity contribution in [2.45, 2.75) is 72.1 Å². The summed E-state index contributed by atoms with van der Waals surface area (Å²) in [6.07, 6.45) is 2.44. The van der Waals surface area contributed by atoms with Crippen LogP contribution in [0.2, 0.25) is 0 Å². The Morgan fingerprint density at radius 3 is 2.62 bits per heavy atom. The summed E-state index contributed by atoms with van der Waals surface area (Å²) < 4.78 is 21.1. The van der Waals surface area contributed by atoms with E-state index in [9.17, 15) is 23.9 Å². The molecule has 0 bridgehead atoms. The molecular weight excluding hydrogens is 503 g/mol. The van der Waals surface area contributed by atoms with Crippen LogP contribution in [-0.2, 0) is 40.3 Å². The van der Waals surface area contributed by atoms with Gasteiger partial charge in [0.25, 0.3) is 5.56 Å².